The number of ether oxygens (including phenoxy) is 1. The first-order chi connectivity index (χ1) is 6.72. The van der Waals surface area contributed by atoms with Gasteiger partial charge in [0, 0.05) is 9.61 Å². The van der Waals surface area contributed by atoms with Crippen molar-refractivity contribution in [2.24, 2.45) is 5.73 Å². The zero-order valence-electron chi connectivity index (χ0n) is 8.22. The number of fused-ring (bicyclic) bond motifs is 1. The minimum absolute atomic E-state index is 0.207. The van der Waals surface area contributed by atoms with Crippen molar-refractivity contribution in [1.29, 1.82) is 0 Å². The maximum absolute atomic E-state index is 6.02. The van der Waals surface area contributed by atoms with Crippen molar-refractivity contribution < 1.29 is 4.74 Å². The van der Waals surface area contributed by atoms with Crippen molar-refractivity contribution in [3.8, 4) is 5.75 Å². The van der Waals surface area contributed by atoms with Gasteiger partial charge in [-0.1, -0.05) is 0 Å². The second kappa shape index (κ2) is 4.06. The summed E-state index contributed by atoms with van der Waals surface area (Å²) in [7, 11) is 0. The molecule has 2 nitrogen and oxygen atoms in total. The number of hydrogen-bond donors (Lipinski definition) is 1. The molecule has 14 heavy (non-hydrogen) atoms. The van der Waals surface area contributed by atoms with Crippen LogP contribution in [-0.2, 0) is 6.42 Å². The molecule has 76 valence electrons. The molecule has 0 saturated heterocycles. The highest BCUT2D eigenvalue weighted by Crippen LogP contribution is 2.35. The molecule has 0 bridgehead atoms. The average molecular weight is 303 g/mol. The Morgan fingerprint density at radius 1 is 1.57 bits per heavy atom. The quantitative estimate of drug-likeness (QED) is 0.853. The highest BCUT2D eigenvalue weighted by molar-refractivity contribution is 14.1. The van der Waals surface area contributed by atoms with E-state index in [1.54, 1.807) is 0 Å². The van der Waals surface area contributed by atoms with E-state index < -0.39 is 0 Å². The van der Waals surface area contributed by atoms with E-state index >= 15 is 0 Å². The monoisotopic (exact) mass is 303 g/mol. The van der Waals surface area contributed by atoms with Gasteiger partial charge in [0.15, 0.2) is 0 Å². The van der Waals surface area contributed by atoms with Gasteiger partial charge in [-0.3, -0.25) is 0 Å². The molecule has 1 aliphatic carbocycles. The van der Waals surface area contributed by atoms with E-state index in [0.717, 1.165) is 18.6 Å². The molecule has 1 atom stereocenters. The van der Waals surface area contributed by atoms with Gasteiger partial charge in [0.2, 0.25) is 0 Å². The normalized spacial score (nSPS) is 19.5. The molecule has 2 N–H and O–H groups in total. The second-order valence-corrected chi connectivity index (χ2v) is 4.71. The molecule has 0 aliphatic heterocycles. The standard InChI is InChI=1S/C11H14INO/c1-2-14-7-5-9-8(10(12)6-7)3-4-11(9)13/h5-6,11H,2-4,13H2,1H3/t11-/m0/s1. The largest absolute Gasteiger partial charge is 0.494 e. The predicted octanol–water partition coefficient (Wildman–Crippen LogP) is 2.64. The third kappa shape index (κ3) is 1.75. The van der Waals surface area contributed by atoms with Crippen LogP contribution >= 0.6 is 22.6 Å². The van der Waals surface area contributed by atoms with Crippen LogP contribution in [-0.4, -0.2) is 6.61 Å². The summed E-state index contributed by atoms with van der Waals surface area (Å²) < 4.78 is 6.79. The van der Waals surface area contributed by atoms with Crippen LogP contribution in [0, 0.1) is 3.57 Å². The third-order valence-electron chi connectivity index (χ3n) is 2.62. The van der Waals surface area contributed by atoms with Crippen molar-refractivity contribution in [1.82, 2.24) is 0 Å². The van der Waals surface area contributed by atoms with Crippen LogP contribution < -0.4 is 10.5 Å². The Balaban J connectivity index is 2.42. The fraction of sp³-hybridized carbons (Fsp3) is 0.455. The van der Waals surface area contributed by atoms with Gasteiger partial charge in [-0.25, -0.2) is 0 Å². The van der Waals surface area contributed by atoms with Crippen molar-refractivity contribution in [2.75, 3.05) is 6.61 Å². The van der Waals surface area contributed by atoms with E-state index in [4.69, 9.17) is 10.5 Å². The molecule has 2 rings (SSSR count). The summed E-state index contributed by atoms with van der Waals surface area (Å²) in [6.07, 6.45) is 2.18. The van der Waals surface area contributed by atoms with E-state index in [9.17, 15) is 0 Å². The van der Waals surface area contributed by atoms with Gasteiger partial charge in [-0.2, -0.15) is 0 Å². The summed E-state index contributed by atoms with van der Waals surface area (Å²) in [5.74, 6) is 0.952. The molecule has 0 fully saturated rings. The zero-order valence-corrected chi connectivity index (χ0v) is 10.4. The van der Waals surface area contributed by atoms with E-state index in [1.807, 2.05) is 6.92 Å². The molecule has 0 radical (unpaired) electrons. The van der Waals surface area contributed by atoms with Crippen molar-refractivity contribution in [3.63, 3.8) is 0 Å². The summed E-state index contributed by atoms with van der Waals surface area (Å²) in [5.41, 5.74) is 8.72. The summed E-state index contributed by atoms with van der Waals surface area (Å²) in [5, 5.41) is 0. The summed E-state index contributed by atoms with van der Waals surface area (Å²) in [4.78, 5) is 0. The molecule has 3 heteroatoms. The molecule has 0 aromatic heterocycles. The lowest BCUT2D eigenvalue weighted by molar-refractivity contribution is 0.339. The van der Waals surface area contributed by atoms with Crippen LogP contribution in [0.3, 0.4) is 0 Å². The van der Waals surface area contributed by atoms with Crippen LogP contribution in [0.5, 0.6) is 5.75 Å². The van der Waals surface area contributed by atoms with Crippen LogP contribution in [0.2, 0.25) is 0 Å². The van der Waals surface area contributed by atoms with E-state index in [-0.39, 0.29) is 6.04 Å². The van der Waals surface area contributed by atoms with Gasteiger partial charge in [0.05, 0.1) is 6.61 Å². The summed E-state index contributed by atoms with van der Waals surface area (Å²) in [6.45, 7) is 2.71. The third-order valence-corrected chi connectivity index (χ3v) is 3.58. The lowest BCUT2D eigenvalue weighted by atomic mass is 10.1. The number of halogens is 1. The lowest BCUT2D eigenvalue weighted by Gasteiger charge is -2.10. The Labute approximate surface area is 98.0 Å². The first kappa shape index (κ1) is 10.2. The minimum atomic E-state index is 0.207. The Morgan fingerprint density at radius 2 is 2.36 bits per heavy atom. The highest BCUT2D eigenvalue weighted by Gasteiger charge is 2.22. The van der Waals surface area contributed by atoms with Crippen LogP contribution in [0.15, 0.2) is 12.1 Å². The van der Waals surface area contributed by atoms with Crippen molar-refractivity contribution in [3.05, 3.63) is 26.8 Å². The first-order valence-electron chi connectivity index (χ1n) is 4.93. The van der Waals surface area contributed by atoms with E-state index in [0.29, 0.717) is 6.61 Å². The first-order valence-corrected chi connectivity index (χ1v) is 6.01. The Hall–Kier alpha value is -0.290. The molecular weight excluding hydrogens is 289 g/mol. The lowest BCUT2D eigenvalue weighted by Crippen LogP contribution is -2.06. The molecule has 0 amide bonds. The number of nitrogens with two attached hydrogens (primary N) is 1. The van der Waals surface area contributed by atoms with Crippen LogP contribution in [0.25, 0.3) is 0 Å². The predicted molar refractivity (Wildman–Crippen MR) is 65.6 cm³/mol. The molecule has 0 heterocycles. The molecule has 0 spiro atoms. The number of rotatable bonds is 2. The van der Waals surface area contributed by atoms with Gasteiger partial charge in [0.1, 0.15) is 5.75 Å². The minimum Gasteiger partial charge on any atom is -0.494 e. The topological polar surface area (TPSA) is 35.2 Å². The Kier molecular flexibility index (Phi) is 2.97. The average Bonchev–Trinajstić information content (AvgIpc) is 2.49. The zero-order chi connectivity index (χ0) is 10.1. The molecule has 1 aliphatic rings. The molecule has 0 unspecified atom stereocenters. The second-order valence-electron chi connectivity index (χ2n) is 3.55. The number of benzene rings is 1. The van der Waals surface area contributed by atoms with Crippen molar-refractivity contribution >= 4 is 22.6 Å². The summed E-state index contributed by atoms with van der Waals surface area (Å²) >= 11 is 2.37. The maximum Gasteiger partial charge on any atom is 0.120 e. The van der Waals surface area contributed by atoms with Gasteiger partial charge < -0.3 is 10.5 Å². The number of hydrogen-bond acceptors (Lipinski definition) is 2. The van der Waals surface area contributed by atoms with Crippen LogP contribution in [0.1, 0.15) is 30.5 Å². The smallest absolute Gasteiger partial charge is 0.120 e. The molecular formula is C11H14INO. The van der Waals surface area contributed by atoms with Crippen molar-refractivity contribution in [2.45, 2.75) is 25.8 Å². The highest BCUT2D eigenvalue weighted by atomic mass is 127. The maximum atomic E-state index is 6.02. The van der Waals surface area contributed by atoms with Gasteiger partial charge in [0.25, 0.3) is 0 Å². The van der Waals surface area contributed by atoms with Gasteiger partial charge in [-0.05, 0) is 65.6 Å². The molecule has 0 saturated carbocycles. The van der Waals surface area contributed by atoms with E-state index in [1.165, 1.54) is 14.7 Å². The van der Waals surface area contributed by atoms with Gasteiger partial charge >= 0.3 is 0 Å². The summed E-state index contributed by atoms with van der Waals surface area (Å²) in [6, 6.07) is 4.40. The van der Waals surface area contributed by atoms with E-state index in [2.05, 4.69) is 34.7 Å². The molecule has 1 aromatic carbocycles. The fourth-order valence-electron chi connectivity index (χ4n) is 1.93. The Bertz CT molecular complexity index is 351. The Morgan fingerprint density at radius 3 is 3.07 bits per heavy atom. The molecule has 1 aromatic rings. The van der Waals surface area contributed by atoms with Crippen LogP contribution in [0.4, 0.5) is 0 Å². The van der Waals surface area contributed by atoms with Gasteiger partial charge in [-0.15, -0.1) is 0 Å². The SMILES string of the molecule is CCOc1cc(I)c2c(c1)[C@@H](N)CC2. The fourth-order valence-corrected chi connectivity index (χ4v) is 2.82.